The van der Waals surface area contributed by atoms with Crippen molar-refractivity contribution < 1.29 is 4.74 Å². The molecule has 4 rings (SSSR count). The van der Waals surface area contributed by atoms with Crippen LogP contribution in [0.3, 0.4) is 0 Å². The monoisotopic (exact) mass is 369 g/mol. The number of aryl methyl sites for hydroxylation is 1. The molecule has 3 heteroatoms. The van der Waals surface area contributed by atoms with Crippen molar-refractivity contribution in [2.75, 3.05) is 7.11 Å². The summed E-state index contributed by atoms with van der Waals surface area (Å²) in [5.74, 6) is 0.782. The van der Waals surface area contributed by atoms with E-state index in [0.717, 1.165) is 51.6 Å². The highest BCUT2D eigenvalue weighted by atomic mass is 16.5. The number of fused-ring (bicyclic) bond motifs is 3. The Morgan fingerprint density at radius 3 is 2.54 bits per heavy atom. The van der Waals surface area contributed by atoms with Crippen LogP contribution in [-0.2, 0) is 6.42 Å². The lowest BCUT2D eigenvalue weighted by Gasteiger charge is -2.12. The van der Waals surface area contributed by atoms with Gasteiger partial charge in [0.1, 0.15) is 5.75 Å². The molecule has 0 saturated heterocycles. The highest BCUT2D eigenvalue weighted by molar-refractivity contribution is 6.10. The summed E-state index contributed by atoms with van der Waals surface area (Å²) in [6, 6.07) is 20.1. The second-order valence-corrected chi connectivity index (χ2v) is 7.26. The van der Waals surface area contributed by atoms with Gasteiger partial charge in [-0.1, -0.05) is 48.0 Å². The van der Waals surface area contributed by atoms with Gasteiger partial charge in [0.2, 0.25) is 0 Å². The number of nitrogens with one attached hydrogen (secondary N) is 1. The van der Waals surface area contributed by atoms with Crippen molar-refractivity contribution in [1.82, 2.24) is 4.98 Å². The van der Waals surface area contributed by atoms with E-state index in [1.807, 2.05) is 55.5 Å². The largest absolute Gasteiger partial charge is 0.496 e. The number of allylic oxidation sites excluding steroid dienone is 1. The highest BCUT2D eigenvalue weighted by Gasteiger charge is 2.13. The summed E-state index contributed by atoms with van der Waals surface area (Å²) in [5.41, 5.74) is 4.08. The fraction of sp³-hybridized carbons (Fsp3) is 0.160. The smallest absolute Gasteiger partial charge is 0.256 e. The predicted octanol–water partition coefficient (Wildman–Crippen LogP) is 5.87. The zero-order valence-corrected chi connectivity index (χ0v) is 16.2. The number of aromatic nitrogens is 1. The van der Waals surface area contributed by atoms with Crippen LogP contribution in [0.25, 0.3) is 32.8 Å². The van der Waals surface area contributed by atoms with Gasteiger partial charge in [-0.2, -0.15) is 0 Å². The van der Waals surface area contributed by atoms with E-state index in [2.05, 4.69) is 23.7 Å². The number of ether oxygens (including phenoxy) is 1. The fourth-order valence-corrected chi connectivity index (χ4v) is 3.66. The van der Waals surface area contributed by atoms with Gasteiger partial charge in [-0.05, 0) is 59.9 Å². The molecule has 28 heavy (non-hydrogen) atoms. The Bertz CT molecular complexity index is 1240. The number of aromatic amines is 1. The third kappa shape index (κ3) is 3.31. The molecule has 1 aromatic heterocycles. The van der Waals surface area contributed by atoms with Gasteiger partial charge in [0.25, 0.3) is 5.56 Å². The van der Waals surface area contributed by atoms with Gasteiger partial charge in [-0.15, -0.1) is 6.58 Å². The molecular weight excluding hydrogens is 346 g/mol. The van der Waals surface area contributed by atoms with E-state index in [1.165, 1.54) is 5.56 Å². The van der Waals surface area contributed by atoms with Crippen molar-refractivity contribution in [3.63, 3.8) is 0 Å². The fourth-order valence-electron chi connectivity index (χ4n) is 3.66. The number of hydrogen-bond acceptors (Lipinski definition) is 2. The van der Waals surface area contributed by atoms with E-state index in [1.54, 1.807) is 7.11 Å². The molecule has 140 valence electrons. The average Bonchev–Trinajstić information content (AvgIpc) is 2.71. The van der Waals surface area contributed by atoms with Crippen molar-refractivity contribution >= 4 is 21.5 Å². The molecule has 0 atom stereocenters. The lowest BCUT2D eigenvalue weighted by atomic mass is 9.97. The minimum Gasteiger partial charge on any atom is -0.496 e. The Morgan fingerprint density at radius 2 is 1.82 bits per heavy atom. The van der Waals surface area contributed by atoms with Gasteiger partial charge in [0.05, 0.1) is 12.5 Å². The Morgan fingerprint density at radius 1 is 1.04 bits per heavy atom. The third-order valence-corrected chi connectivity index (χ3v) is 5.11. The van der Waals surface area contributed by atoms with Crippen LogP contribution in [0.2, 0.25) is 0 Å². The first-order valence-corrected chi connectivity index (χ1v) is 9.43. The quantitative estimate of drug-likeness (QED) is 0.353. The summed E-state index contributed by atoms with van der Waals surface area (Å²) >= 11 is 0. The molecule has 1 heterocycles. The first kappa shape index (κ1) is 18.1. The van der Waals surface area contributed by atoms with Crippen molar-refractivity contribution in [2.24, 2.45) is 0 Å². The Balaban J connectivity index is 1.94. The van der Waals surface area contributed by atoms with Crippen LogP contribution in [0.15, 0.2) is 77.6 Å². The van der Waals surface area contributed by atoms with E-state index < -0.39 is 0 Å². The van der Waals surface area contributed by atoms with Crippen LogP contribution in [0.4, 0.5) is 0 Å². The zero-order chi connectivity index (χ0) is 19.7. The summed E-state index contributed by atoms with van der Waals surface area (Å²) in [7, 11) is 1.67. The van der Waals surface area contributed by atoms with Crippen molar-refractivity contribution in [3.8, 4) is 17.0 Å². The second-order valence-electron chi connectivity index (χ2n) is 7.26. The second kappa shape index (κ2) is 7.35. The maximum Gasteiger partial charge on any atom is 0.256 e. The van der Waals surface area contributed by atoms with E-state index in [9.17, 15) is 4.79 Å². The first-order valence-electron chi connectivity index (χ1n) is 9.43. The van der Waals surface area contributed by atoms with Crippen molar-refractivity contribution in [1.29, 1.82) is 0 Å². The van der Waals surface area contributed by atoms with E-state index >= 15 is 0 Å². The summed E-state index contributed by atoms with van der Waals surface area (Å²) in [6.07, 6.45) is 1.87. The molecule has 3 nitrogen and oxygen atoms in total. The van der Waals surface area contributed by atoms with E-state index in [4.69, 9.17) is 4.74 Å². The zero-order valence-electron chi connectivity index (χ0n) is 16.2. The highest BCUT2D eigenvalue weighted by Crippen LogP contribution is 2.34. The van der Waals surface area contributed by atoms with E-state index in [-0.39, 0.29) is 5.56 Å². The predicted molar refractivity (Wildman–Crippen MR) is 117 cm³/mol. The van der Waals surface area contributed by atoms with Crippen LogP contribution in [0, 0.1) is 0 Å². The minimum atomic E-state index is -0.0845. The average molecular weight is 369 g/mol. The van der Waals surface area contributed by atoms with Crippen molar-refractivity contribution in [3.05, 3.63) is 88.7 Å². The molecule has 0 aliphatic rings. The number of rotatable bonds is 5. The van der Waals surface area contributed by atoms with Crippen LogP contribution < -0.4 is 10.3 Å². The lowest BCUT2D eigenvalue weighted by Crippen LogP contribution is -2.08. The topological polar surface area (TPSA) is 42.1 Å². The normalized spacial score (nSPS) is 11.1. The lowest BCUT2D eigenvalue weighted by molar-refractivity contribution is 0.420. The summed E-state index contributed by atoms with van der Waals surface area (Å²) < 4.78 is 5.67. The molecule has 0 amide bonds. The molecule has 0 bridgehead atoms. The van der Waals surface area contributed by atoms with Gasteiger partial charge in [-0.3, -0.25) is 4.79 Å². The van der Waals surface area contributed by atoms with Crippen LogP contribution >= 0.6 is 0 Å². The maximum absolute atomic E-state index is 13.0. The Kier molecular flexibility index (Phi) is 4.74. The number of hydrogen-bond donors (Lipinski definition) is 1. The van der Waals surface area contributed by atoms with Gasteiger partial charge >= 0.3 is 0 Å². The first-order chi connectivity index (χ1) is 13.6. The summed E-state index contributed by atoms with van der Waals surface area (Å²) in [6.45, 7) is 6.02. The molecule has 0 aliphatic heterocycles. The Hall–Kier alpha value is -3.33. The molecule has 0 saturated carbocycles. The SMILES string of the molecule is C=C(C)CCc1ccc2c(c1)c(OC)cc1cc(-c3ccccc3)[nH]c(=O)c12. The standard InChI is InChI=1S/C25H23NO2/c1-16(2)9-10-17-11-12-20-21(13-17)23(28-3)15-19-14-22(26-25(27)24(19)20)18-7-5-4-6-8-18/h4-8,11-15H,1,9-10H2,2-3H3,(H,26,27). The van der Waals surface area contributed by atoms with Gasteiger partial charge in [0.15, 0.2) is 0 Å². The van der Waals surface area contributed by atoms with Gasteiger partial charge in [-0.25, -0.2) is 0 Å². The summed E-state index contributed by atoms with van der Waals surface area (Å²) in [5, 5.41) is 3.45. The maximum atomic E-state index is 13.0. The number of benzene rings is 3. The van der Waals surface area contributed by atoms with E-state index in [0.29, 0.717) is 5.39 Å². The minimum absolute atomic E-state index is 0.0845. The molecule has 0 radical (unpaired) electrons. The Labute approximate surface area is 164 Å². The molecule has 3 aromatic carbocycles. The van der Waals surface area contributed by atoms with Gasteiger partial charge < -0.3 is 9.72 Å². The molecule has 0 aliphatic carbocycles. The number of methoxy groups -OCH3 is 1. The molecule has 0 unspecified atom stereocenters. The van der Waals surface area contributed by atoms with Crippen LogP contribution in [0.1, 0.15) is 18.9 Å². The third-order valence-electron chi connectivity index (χ3n) is 5.11. The number of pyridine rings is 1. The van der Waals surface area contributed by atoms with Crippen molar-refractivity contribution in [2.45, 2.75) is 19.8 Å². The van der Waals surface area contributed by atoms with Crippen LogP contribution in [0.5, 0.6) is 5.75 Å². The molecule has 0 spiro atoms. The molecule has 1 N–H and O–H groups in total. The van der Waals surface area contributed by atoms with Crippen LogP contribution in [-0.4, -0.2) is 12.1 Å². The molecular formula is C25H23NO2. The van der Waals surface area contributed by atoms with Gasteiger partial charge in [0, 0.05) is 11.1 Å². The number of H-pyrrole nitrogens is 1. The summed E-state index contributed by atoms with van der Waals surface area (Å²) in [4.78, 5) is 16.0. The molecule has 0 fully saturated rings. The molecule has 4 aromatic rings.